The summed E-state index contributed by atoms with van der Waals surface area (Å²) in [5.41, 5.74) is -0.828. The molecular weight excluding hydrogens is 292 g/mol. The first kappa shape index (κ1) is 18.7. The number of nitrogens with zero attached hydrogens (tertiary/aromatic N) is 1. The molecule has 23 heavy (non-hydrogen) atoms. The summed E-state index contributed by atoms with van der Waals surface area (Å²) in [6.07, 6.45) is 10.7. The van der Waals surface area contributed by atoms with E-state index in [2.05, 4.69) is 10.2 Å². The number of aliphatic hydroxyl groups is 2. The zero-order chi connectivity index (χ0) is 16.8. The van der Waals surface area contributed by atoms with E-state index in [1.165, 1.54) is 25.7 Å². The second-order valence-electron chi connectivity index (χ2n) is 7.67. The van der Waals surface area contributed by atoms with Crippen molar-refractivity contribution in [2.24, 2.45) is 0 Å². The maximum atomic E-state index is 12.3. The molecule has 0 aromatic heterocycles. The Morgan fingerprint density at radius 2 is 1.61 bits per heavy atom. The fourth-order valence-electron chi connectivity index (χ4n) is 4.30. The van der Waals surface area contributed by atoms with Crippen molar-refractivity contribution in [1.29, 1.82) is 0 Å². The molecule has 5 heteroatoms. The van der Waals surface area contributed by atoms with Gasteiger partial charge in [0.1, 0.15) is 0 Å². The van der Waals surface area contributed by atoms with Crippen LogP contribution in [0, 0.1) is 0 Å². The molecule has 2 aliphatic carbocycles. The number of β-amino-alcohol motifs (C(OH)–C–C–N with tert-alkyl or cyclic N) is 1. The van der Waals surface area contributed by atoms with E-state index in [0.29, 0.717) is 13.1 Å². The topological polar surface area (TPSA) is 72.8 Å². The Hall–Kier alpha value is -0.650. The molecule has 0 aromatic rings. The van der Waals surface area contributed by atoms with Gasteiger partial charge in [0.25, 0.3) is 0 Å². The summed E-state index contributed by atoms with van der Waals surface area (Å²) in [7, 11) is 2.04. The number of rotatable bonds is 7. The zero-order valence-corrected chi connectivity index (χ0v) is 14.6. The van der Waals surface area contributed by atoms with Crippen LogP contribution < -0.4 is 5.32 Å². The van der Waals surface area contributed by atoms with Crippen LogP contribution in [0.5, 0.6) is 0 Å². The Bertz CT molecular complexity index is 374. The predicted molar refractivity (Wildman–Crippen MR) is 91.2 cm³/mol. The lowest BCUT2D eigenvalue weighted by Crippen LogP contribution is -2.56. The molecule has 2 fully saturated rings. The molecule has 2 rings (SSSR count). The summed E-state index contributed by atoms with van der Waals surface area (Å²) < 4.78 is 0. The molecule has 5 nitrogen and oxygen atoms in total. The van der Waals surface area contributed by atoms with Crippen molar-refractivity contribution in [3.8, 4) is 0 Å². The average molecular weight is 326 g/mol. The average Bonchev–Trinajstić information content (AvgIpc) is 2.54. The maximum Gasteiger partial charge on any atom is 0.222 e. The summed E-state index contributed by atoms with van der Waals surface area (Å²) >= 11 is 0. The van der Waals surface area contributed by atoms with E-state index in [1.807, 2.05) is 7.05 Å². The van der Waals surface area contributed by atoms with Gasteiger partial charge < -0.3 is 15.5 Å². The highest BCUT2D eigenvalue weighted by Gasteiger charge is 2.37. The van der Waals surface area contributed by atoms with Gasteiger partial charge in [0, 0.05) is 18.6 Å². The van der Waals surface area contributed by atoms with Gasteiger partial charge >= 0.3 is 0 Å². The van der Waals surface area contributed by atoms with Crippen LogP contribution in [0.15, 0.2) is 0 Å². The summed E-state index contributed by atoms with van der Waals surface area (Å²) in [6.45, 7) is 1.41. The fraction of sp³-hybridized carbons (Fsp3) is 0.944. The number of nitrogens with one attached hydrogen (secondary N) is 1. The minimum atomic E-state index is -0.793. The third-order valence-electron chi connectivity index (χ3n) is 5.92. The molecule has 0 bridgehead atoms. The van der Waals surface area contributed by atoms with Crippen molar-refractivity contribution in [3.63, 3.8) is 0 Å². The second kappa shape index (κ2) is 8.45. The number of hydrogen-bond donors (Lipinski definition) is 3. The SMILES string of the molecule is CN(CCO)C1(CNC(=O)CC2(O)CCCCC2)CCCCC1. The van der Waals surface area contributed by atoms with Crippen molar-refractivity contribution in [3.05, 3.63) is 0 Å². The van der Waals surface area contributed by atoms with E-state index in [1.54, 1.807) is 0 Å². The molecule has 3 N–H and O–H groups in total. The van der Waals surface area contributed by atoms with Crippen molar-refractivity contribution in [1.82, 2.24) is 10.2 Å². The van der Waals surface area contributed by atoms with E-state index in [9.17, 15) is 15.0 Å². The number of carbonyl (C=O) groups excluding carboxylic acids is 1. The van der Waals surface area contributed by atoms with Gasteiger partial charge in [0.05, 0.1) is 18.6 Å². The van der Waals surface area contributed by atoms with Gasteiger partial charge in [-0.3, -0.25) is 9.69 Å². The van der Waals surface area contributed by atoms with Gasteiger partial charge in [0.2, 0.25) is 5.91 Å². The predicted octanol–water partition coefficient (Wildman–Crippen LogP) is 1.81. The molecule has 0 saturated heterocycles. The van der Waals surface area contributed by atoms with Gasteiger partial charge in [0.15, 0.2) is 0 Å². The molecular formula is C18H34N2O3. The van der Waals surface area contributed by atoms with Gasteiger partial charge in [-0.25, -0.2) is 0 Å². The standard InChI is InChI=1S/C18H34N2O3/c1-20(12-13-21)17(8-4-2-5-9-17)15-19-16(22)14-18(23)10-6-3-7-11-18/h21,23H,2-15H2,1H3,(H,19,22). The Balaban J connectivity index is 1.88. The Morgan fingerprint density at radius 1 is 1.04 bits per heavy atom. The highest BCUT2D eigenvalue weighted by molar-refractivity contribution is 5.77. The summed E-state index contributed by atoms with van der Waals surface area (Å²) in [5.74, 6) is -0.0308. The van der Waals surface area contributed by atoms with E-state index in [-0.39, 0.29) is 24.5 Å². The van der Waals surface area contributed by atoms with E-state index >= 15 is 0 Å². The molecule has 0 aliphatic heterocycles. The van der Waals surface area contributed by atoms with Crippen LogP contribution in [0.25, 0.3) is 0 Å². The summed E-state index contributed by atoms with van der Waals surface area (Å²) in [5, 5.41) is 22.9. The first-order valence-electron chi connectivity index (χ1n) is 9.31. The fourth-order valence-corrected chi connectivity index (χ4v) is 4.30. The maximum absolute atomic E-state index is 12.3. The third kappa shape index (κ3) is 5.16. The third-order valence-corrected chi connectivity index (χ3v) is 5.92. The molecule has 0 radical (unpaired) electrons. The van der Waals surface area contributed by atoms with Crippen LogP contribution in [0.1, 0.15) is 70.6 Å². The van der Waals surface area contributed by atoms with Gasteiger partial charge in [-0.2, -0.15) is 0 Å². The van der Waals surface area contributed by atoms with Crippen LogP contribution in [-0.4, -0.2) is 58.9 Å². The van der Waals surface area contributed by atoms with Crippen LogP contribution in [-0.2, 0) is 4.79 Å². The molecule has 2 aliphatic rings. The lowest BCUT2D eigenvalue weighted by Gasteiger charge is -2.45. The lowest BCUT2D eigenvalue weighted by molar-refractivity contribution is -0.128. The minimum Gasteiger partial charge on any atom is -0.395 e. The number of likely N-dealkylation sites (N-methyl/N-ethyl adjacent to an activating group) is 1. The minimum absolute atomic E-state index is 0.0308. The first-order chi connectivity index (χ1) is 11.0. The van der Waals surface area contributed by atoms with Crippen molar-refractivity contribution >= 4 is 5.91 Å². The second-order valence-corrected chi connectivity index (χ2v) is 7.67. The van der Waals surface area contributed by atoms with Crippen LogP contribution in [0.2, 0.25) is 0 Å². The van der Waals surface area contributed by atoms with Gasteiger partial charge in [-0.1, -0.05) is 38.5 Å². The highest BCUT2D eigenvalue weighted by Crippen LogP contribution is 2.33. The van der Waals surface area contributed by atoms with Crippen molar-refractivity contribution < 1.29 is 15.0 Å². The number of amides is 1. The normalized spacial score (nSPS) is 23.7. The molecule has 2 saturated carbocycles. The van der Waals surface area contributed by atoms with E-state index in [0.717, 1.165) is 38.5 Å². The monoisotopic (exact) mass is 326 g/mol. The van der Waals surface area contributed by atoms with Crippen LogP contribution >= 0.6 is 0 Å². The van der Waals surface area contributed by atoms with Crippen LogP contribution in [0.3, 0.4) is 0 Å². The number of aliphatic hydroxyl groups excluding tert-OH is 1. The molecule has 134 valence electrons. The molecule has 0 atom stereocenters. The molecule has 0 aromatic carbocycles. The van der Waals surface area contributed by atoms with Crippen molar-refractivity contribution in [2.75, 3.05) is 26.7 Å². The van der Waals surface area contributed by atoms with Gasteiger partial charge in [-0.05, 0) is 32.7 Å². The van der Waals surface area contributed by atoms with Gasteiger partial charge in [-0.15, -0.1) is 0 Å². The molecule has 1 amide bonds. The molecule has 0 heterocycles. The highest BCUT2D eigenvalue weighted by atomic mass is 16.3. The zero-order valence-electron chi connectivity index (χ0n) is 14.6. The Kier molecular flexibility index (Phi) is 6.86. The summed E-state index contributed by atoms with van der Waals surface area (Å²) in [6, 6.07) is 0. The summed E-state index contributed by atoms with van der Waals surface area (Å²) in [4.78, 5) is 14.6. The first-order valence-corrected chi connectivity index (χ1v) is 9.31. The van der Waals surface area contributed by atoms with Crippen LogP contribution in [0.4, 0.5) is 0 Å². The largest absolute Gasteiger partial charge is 0.395 e. The Morgan fingerprint density at radius 3 is 2.17 bits per heavy atom. The van der Waals surface area contributed by atoms with Crippen molar-refractivity contribution in [2.45, 2.75) is 81.8 Å². The Labute approximate surface area is 140 Å². The van der Waals surface area contributed by atoms with E-state index < -0.39 is 5.60 Å². The molecule has 0 spiro atoms. The van der Waals surface area contributed by atoms with E-state index in [4.69, 9.17) is 0 Å². The number of carbonyl (C=O) groups is 1. The molecule has 0 unspecified atom stereocenters. The smallest absolute Gasteiger partial charge is 0.222 e. The lowest BCUT2D eigenvalue weighted by atomic mass is 9.79. The number of hydrogen-bond acceptors (Lipinski definition) is 4. The quantitative estimate of drug-likeness (QED) is 0.667.